The van der Waals surface area contributed by atoms with Crippen LogP contribution in [0, 0.1) is 0 Å². The van der Waals surface area contributed by atoms with Crippen LogP contribution in [0.3, 0.4) is 0 Å². The molecule has 1 aromatic heterocycles. The Kier molecular flexibility index (Phi) is 3.62. The van der Waals surface area contributed by atoms with Crippen molar-refractivity contribution in [3.8, 4) is 5.75 Å². The van der Waals surface area contributed by atoms with Gasteiger partial charge in [-0.25, -0.2) is 8.78 Å². The number of H-pyrrole nitrogens is 1. The fourth-order valence-electron chi connectivity index (χ4n) is 1.06. The number of methoxy groups -OCH3 is 1. The summed E-state index contributed by atoms with van der Waals surface area (Å²) in [6.45, 7) is 0. The highest BCUT2D eigenvalue weighted by molar-refractivity contribution is 9.08. The van der Waals surface area contributed by atoms with Crippen LogP contribution in [-0.4, -0.2) is 12.1 Å². The van der Waals surface area contributed by atoms with Gasteiger partial charge >= 0.3 is 0 Å². The molecular weight excluding hydrogens is 260 g/mol. The molecule has 78 valence electrons. The van der Waals surface area contributed by atoms with Gasteiger partial charge in [0.2, 0.25) is 5.43 Å². The first-order chi connectivity index (χ1) is 6.60. The molecule has 3 nitrogen and oxygen atoms in total. The summed E-state index contributed by atoms with van der Waals surface area (Å²) in [5, 5.41) is 0.256. The standard InChI is InChI=1S/C8H8BrF2NO2/c1-14-7-5(3-9)12-4(8(10)11)2-6(7)13/h2,8H,3H2,1H3,(H,12,13). The van der Waals surface area contributed by atoms with Crippen LogP contribution >= 0.6 is 15.9 Å². The van der Waals surface area contributed by atoms with E-state index in [1.54, 1.807) is 0 Å². The molecule has 0 saturated carbocycles. The molecule has 1 N–H and O–H groups in total. The molecule has 0 bridgehead atoms. The lowest BCUT2D eigenvalue weighted by atomic mass is 10.3. The summed E-state index contributed by atoms with van der Waals surface area (Å²) in [5.41, 5.74) is -0.628. The Morgan fingerprint density at radius 1 is 1.64 bits per heavy atom. The third kappa shape index (κ3) is 2.12. The van der Waals surface area contributed by atoms with Crippen molar-refractivity contribution < 1.29 is 13.5 Å². The van der Waals surface area contributed by atoms with E-state index in [-0.39, 0.29) is 11.1 Å². The number of aromatic nitrogens is 1. The Balaban J connectivity index is 3.32. The van der Waals surface area contributed by atoms with Crippen molar-refractivity contribution in [3.05, 3.63) is 27.7 Å². The van der Waals surface area contributed by atoms with Gasteiger partial charge in [-0.3, -0.25) is 4.79 Å². The molecule has 1 rings (SSSR count). The number of rotatable bonds is 3. The number of halogens is 3. The fraction of sp³-hybridized carbons (Fsp3) is 0.375. The number of nitrogens with one attached hydrogen (secondary N) is 1. The van der Waals surface area contributed by atoms with Gasteiger partial charge in [-0.15, -0.1) is 0 Å². The minimum absolute atomic E-state index is 0.0614. The van der Waals surface area contributed by atoms with Crippen molar-refractivity contribution in [3.63, 3.8) is 0 Å². The van der Waals surface area contributed by atoms with Crippen molar-refractivity contribution in [2.24, 2.45) is 0 Å². The van der Waals surface area contributed by atoms with Gasteiger partial charge in [-0.2, -0.15) is 0 Å². The summed E-state index contributed by atoms with van der Waals surface area (Å²) >= 11 is 3.07. The molecule has 14 heavy (non-hydrogen) atoms. The highest BCUT2D eigenvalue weighted by atomic mass is 79.9. The van der Waals surface area contributed by atoms with Crippen molar-refractivity contribution in [1.29, 1.82) is 0 Å². The maximum Gasteiger partial charge on any atom is 0.278 e. The molecule has 0 aliphatic carbocycles. The summed E-state index contributed by atoms with van der Waals surface area (Å²) < 4.78 is 29.3. The molecule has 6 heteroatoms. The first kappa shape index (κ1) is 11.2. The van der Waals surface area contributed by atoms with Gasteiger partial charge in [0.1, 0.15) is 0 Å². The molecule has 1 aromatic rings. The second-order valence-electron chi connectivity index (χ2n) is 2.54. The maximum atomic E-state index is 12.3. The number of aromatic amines is 1. The Bertz CT molecular complexity index is 378. The zero-order chi connectivity index (χ0) is 10.7. The second-order valence-corrected chi connectivity index (χ2v) is 3.10. The highest BCUT2D eigenvalue weighted by Gasteiger charge is 2.14. The predicted octanol–water partition coefficient (Wildman–Crippen LogP) is 2.22. The van der Waals surface area contributed by atoms with E-state index in [0.29, 0.717) is 5.69 Å². The van der Waals surface area contributed by atoms with Gasteiger partial charge < -0.3 is 9.72 Å². The molecule has 0 atom stereocenters. The molecule has 0 aromatic carbocycles. The monoisotopic (exact) mass is 267 g/mol. The Labute approximate surface area is 87.2 Å². The van der Waals surface area contributed by atoms with Crippen LogP contribution in [0.4, 0.5) is 8.78 Å². The normalized spacial score (nSPS) is 10.6. The van der Waals surface area contributed by atoms with Crippen LogP contribution in [0.2, 0.25) is 0 Å². The van der Waals surface area contributed by atoms with E-state index in [9.17, 15) is 13.6 Å². The predicted molar refractivity (Wildman–Crippen MR) is 51.2 cm³/mol. The molecule has 0 radical (unpaired) electrons. The van der Waals surface area contributed by atoms with Crippen molar-refractivity contribution in [2.45, 2.75) is 11.8 Å². The Hall–Kier alpha value is -0.910. The number of hydrogen-bond acceptors (Lipinski definition) is 2. The van der Waals surface area contributed by atoms with Gasteiger partial charge in [0.25, 0.3) is 6.43 Å². The first-order valence-corrected chi connectivity index (χ1v) is 4.86. The molecule has 1 heterocycles. The van der Waals surface area contributed by atoms with Crippen LogP contribution in [0.15, 0.2) is 10.9 Å². The van der Waals surface area contributed by atoms with Crippen LogP contribution in [0.5, 0.6) is 5.75 Å². The van der Waals surface area contributed by atoms with Crippen molar-refractivity contribution >= 4 is 15.9 Å². The summed E-state index contributed by atoms with van der Waals surface area (Å²) in [6.07, 6.45) is -2.69. The molecule has 0 unspecified atom stereocenters. The van der Waals surface area contributed by atoms with E-state index in [0.717, 1.165) is 6.07 Å². The van der Waals surface area contributed by atoms with Crippen molar-refractivity contribution in [2.75, 3.05) is 7.11 Å². The number of ether oxygens (including phenoxy) is 1. The first-order valence-electron chi connectivity index (χ1n) is 3.74. The maximum absolute atomic E-state index is 12.3. The van der Waals surface area contributed by atoms with Crippen LogP contribution in [-0.2, 0) is 5.33 Å². The Morgan fingerprint density at radius 3 is 2.71 bits per heavy atom. The highest BCUT2D eigenvalue weighted by Crippen LogP contribution is 2.20. The van der Waals surface area contributed by atoms with Gasteiger partial charge in [0.15, 0.2) is 5.75 Å². The minimum atomic E-state index is -2.69. The average molecular weight is 268 g/mol. The lowest BCUT2D eigenvalue weighted by molar-refractivity contribution is 0.145. The lowest BCUT2D eigenvalue weighted by Gasteiger charge is -2.07. The van der Waals surface area contributed by atoms with E-state index in [4.69, 9.17) is 4.74 Å². The summed E-state index contributed by atoms with van der Waals surface area (Å²) in [4.78, 5) is 13.7. The smallest absolute Gasteiger partial charge is 0.278 e. The average Bonchev–Trinajstić information content (AvgIpc) is 2.16. The summed E-state index contributed by atoms with van der Waals surface area (Å²) in [7, 11) is 1.32. The zero-order valence-corrected chi connectivity index (χ0v) is 8.90. The minimum Gasteiger partial charge on any atom is -0.491 e. The second kappa shape index (κ2) is 4.54. The SMILES string of the molecule is COc1c(CBr)[nH]c(C(F)F)cc1=O. The molecule has 0 spiro atoms. The topological polar surface area (TPSA) is 42.1 Å². The molecular formula is C8H8BrF2NO2. The van der Waals surface area contributed by atoms with Crippen LogP contribution < -0.4 is 10.2 Å². The molecule has 0 aliphatic rings. The van der Waals surface area contributed by atoms with Crippen LogP contribution in [0.25, 0.3) is 0 Å². The zero-order valence-electron chi connectivity index (χ0n) is 7.31. The molecule has 0 aliphatic heterocycles. The lowest BCUT2D eigenvalue weighted by Crippen LogP contribution is -2.11. The number of hydrogen-bond donors (Lipinski definition) is 1. The van der Waals surface area contributed by atoms with Crippen molar-refractivity contribution in [1.82, 2.24) is 4.98 Å². The molecule has 0 fully saturated rings. The number of pyridine rings is 1. The van der Waals surface area contributed by atoms with Gasteiger partial charge in [-0.1, -0.05) is 15.9 Å². The number of alkyl halides is 3. The quantitative estimate of drug-likeness (QED) is 0.854. The third-order valence-corrected chi connectivity index (χ3v) is 2.21. The molecule has 0 amide bonds. The third-order valence-electron chi connectivity index (χ3n) is 1.65. The van der Waals surface area contributed by atoms with Gasteiger partial charge in [0, 0.05) is 11.4 Å². The van der Waals surface area contributed by atoms with Gasteiger partial charge in [-0.05, 0) is 0 Å². The summed E-state index contributed by atoms with van der Waals surface area (Å²) in [6, 6.07) is 0.843. The van der Waals surface area contributed by atoms with E-state index >= 15 is 0 Å². The Morgan fingerprint density at radius 2 is 2.29 bits per heavy atom. The van der Waals surface area contributed by atoms with Crippen LogP contribution in [0.1, 0.15) is 17.8 Å². The van der Waals surface area contributed by atoms with E-state index < -0.39 is 17.5 Å². The molecule has 0 saturated heterocycles. The van der Waals surface area contributed by atoms with E-state index in [1.807, 2.05) is 0 Å². The summed E-state index contributed by atoms with van der Waals surface area (Å²) in [5.74, 6) is 0.0614. The largest absolute Gasteiger partial charge is 0.491 e. The van der Waals surface area contributed by atoms with E-state index in [2.05, 4.69) is 20.9 Å². The van der Waals surface area contributed by atoms with E-state index in [1.165, 1.54) is 7.11 Å². The van der Waals surface area contributed by atoms with Gasteiger partial charge in [0.05, 0.1) is 18.5 Å². The fourth-order valence-corrected chi connectivity index (χ4v) is 1.45.